The van der Waals surface area contributed by atoms with E-state index < -0.39 is 5.97 Å². The molecule has 7 nitrogen and oxygen atoms in total. The normalized spacial score (nSPS) is 18.5. The third-order valence-corrected chi connectivity index (χ3v) is 5.47. The highest BCUT2D eigenvalue weighted by molar-refractivity contribution is 6.01. The number of nitrogens with one attached hydrogen (secondary N) is 1. The maximum absolute atomic E-state index is 12.7. The van der Waals surface area contributed by atoms with Gasteiger partial charge < -0.3 is 19.5 Å². The number of hydrogen-bond donors (Lipinski definition) is 1. The van der Waals surface area contributed by atoms with E-state index in [0.717, 1.165) is 42.9 Å². The van der Waals surface area contributed by atoms with Crippen LogP contribution in [-0.4, -0.2) is 50.2 Å². The van der Waals surface area contributed by atoms with Crippen molar-refractivity contribution in [1.82, 2.24) is 4.90 Å². The minimum Gasteiger partial charge on any atom is -0.490 e. The van der Waals surface area contributed by atoms with Crippen LogP contribution in [0.4, 0.5) is 5.69 Å². The molecular formula is C23H26N2O5. The number of anilines is 1. The smallest absolute Gasteiger partial charge is 0.339 e. The number of methoxy groups -OCH3 is 1. The summed E-state index contributed by atoms with van der Waals surface area (Å²) >= 11 is 0. The molecule has 7 heteroatoms. The first kappa shape index (κ1) is 20.2. The average Bonchev–Trinajstić information content (AvgIpc) is 3.08. The van der Waals surface area contributed by atoms with Crippen LogP contribution in [0.1, 0.15) is 41.2 Å². The Morgan fingerprint density at radius 1 is 1.10 bits per heavy atom. The molecule has 1 amide bonds. The van der Waals surface area contributed by atoms with Gasteiger partial charge in [0.2, 0.25) is 5.91 Å². The van der Waals surface area contributed by atoms with E-state index in [0.29, 0.717) is 24.5 Å². The Bertz CT molecular complexity index is 930. The molecule has 2 heterocycles. The van der Waals surface area contributed by atoms with Crippen LogP contribution >= 0.6 is 0 Å². The number of para-hydroxylation sites is 1. The van der Waals surface area contributed by atoms with Crippen molar-refractivity contribution in [2.24, 2.45) is 0 Å². The molecule has 1 atom stereocenters. The van der Waals surface area contributed by atoms with Crippen LogP contribution < -0.4 is 14.8 Å². The number of likely N-dealkylation sites (tertiary alicyclic amines) is 1. The van der Waals surface area contributed by atoms with E-state index in [2.05, 4.69) is 16.3 Å². The fraction of sp³-hybridized carbons (Fsp3) is 0.391. The molecule has 0 aromatic heterocycles. The van der Waals surface area contributed by atoms with Crippen molar-refractivity contribution in [3.63, 3.8) is 0 Å². The molecule has 4 rings (SSSR count). The van der Waals surface area contributed by atoms with Crippen LogP contribution in [0.2, 0.25) is 0 Å². The highest BCUT2D eigenvalue weighted by Gasteiger charge is 2.29. The average molecular weight is 410 g/mol. The Hall–Kier alpha value is -3.06. The predicted molar refractivity (Wildman–Crippen MR) is 112 cm³/mol. The predicted octanol–water partition coefficient (Wildman–Crippen LogP) is 3.41. The van der Waals surface area contributed by atoms with Crippen molar-refractivity contribution in [3.8, 4) is 11.5 Å². The van der Waals surface area contributed by atoms with Gasteiger partial charge in [-0.25, -0.2) is 4.79 Å². The van der Waals surface area contributed by atoms with Crippen molar-refractivity contribution in [2.75, 3.05) is 38.7 Å². The number of amides is 1. The minimum absolute atomic E-state index is 0.142. The number of esters is 1. The molecule has 0 radical (unpaired) electrons. The van der Waals surface area contributed by atoms with Crippen LogP contribution in [0.3, 0.4) is 0 Å². The number of benzene rings is 2. The van der Waals surface area contributed by atoms with E-state index in [9.17, 15) is 9.59 Å². The minimum atomic E-state index is -0.475. The zero-order valence-corrected chi connectivity index (χ0v) is 17.1. The number of rotatable bonds is 5. The van der Waals surface area contributed by atoms with Gasteiger partial charge in [0.15, 0.2) is 11.5 Å². The fourth-order valence-electron chi connectivity index (χ4n) is 4.03. The summed E-state index contributed by atoms with van der Waals surface area (Å²) in [6.07, 6.45) is 2.86. The summed E-state index contributed by atoms with van der Waals surface area (Å²) in [7, 11) is 1.32. The Morgan fingerprint density at radius 2 is 1.90 bits per heavy atom. The third kappa shape index (κ3) is 4.41. The van der Waals surface area contributed by atoms with Crippen molar-refractivity contribution < 1.29 is 23.8 Å². The zero-order chi connectivity index (χ0) is 20.9. The molecule has 1 N–H and O–H groups in total. The summed E-state index contributed by atoms with van der Waals surface area (Å²) in [5.41, 5.74) is 1.93. The van der Waals surface area contributed by atoms with E-state index in [-0.39, 0.29) is 18.5 Å². The number of hydrogen-bond acceptors (Lipinski definition) is 6. The van der Waals surface area contributed by atoms with Crippen molar-refractivity contribution in [2.45, 2.75) is 25.3 Å². The molecule has 2 aromatic carbocycles. The summed E-state index contributed by atoms with van der Waals surface area (Å²) in [5, 5.41) is 2.86. The molecule has 2 aliphatic rings. The SMILES string of the molecule is COC(=O)c1ccccc1NC(=O)CN1CCC[C@H]1c1ccc2c(c1)OCCCO2. The molecule has 30 heavy (non-hydrogen) atoms. The van der Waals surface area contributed by atoms with Gasteiger partial charge in [-0.1, -0.05) is 18.2 Å². The van der Waals surface area contributed by atoms with Gasteiger partial charge in [-0.2, -0.15) is 0 Å². The monoisotopic (exact) mass is 410 g/mol. The Kier molecular flexibility index (Phi) is 6.18. The number of fused-ring (bicyclic) bond motifs is 1. The standard InChI is InChI=1S/C23H26N2O5/c1-28-23(27)17-6-2-3-7-18(17)24-22(26)15-25-11-4-8-19(25)16-9-10-20-21(14-16)30-13-5-12-29-20/h2-3,6-7,9-10,14,19H,4-5,8,11-13,15H2,1H3,(H,24,26)/t19-/m0/s1. The van der Waals surface area contributed by atoms with Gasteiger partial charge in [0.05, 0.1) is 38.1 Å². The summed E-state index contributed by atoms with van der Waals surface area (Å²) in [6, 6.07) is 13.0. The molecule has 0 spiro atoms. The van der Waals surface area contributed by atoms with Crippen LogP contribution in [0.5, 0.6) is 11.5 Å². The molecule has 0 bridgehead atoms. The Labute approximate surface area is 175 Å². The maximum Gasteiger partial charge on any atom is 0.339 e. The second-order valence-electron chi connectivity index (χ2n) is 7.47. The second kappa shape index (κ2) is 9.17. The lowest BCUT2D eigenvalue weighted by Crippen LogP contribution is -2.33. The number of carbonyl (C=O) groups excluding carboxylic acids is 2. The Morgan fingerprint density at radius 3 is 2.73 bits per heavy atom. The van der Waals surface area contributed by atoms with Crippen LogP contribution in [0, 0.1) is 0 Å². The van der Waals surface area contributed by atoms with Gasteiger partial charge >= 0.3 is 5.97 Å². The van der Waals surface area contributed by atoms with Crippen molar-refractivity contribution in [3.05, 3.63) is 53.6 Å². The second-order valence-corrected chi connectivity index (χ2v) is 7.47. The first-order valence-electron chi connectivity index (χ1n) is 10.3. The number of ether oxygens (including phenoxy) is 3. The number of nitrogens with zero attached hydrogens (tertiary/aromatic N) is 1. The molecule has 0 aliphatic carbocycles. The van der Waals surface area contributed by atoms with E-state index in [1.54, 1.807) is 24.3 Å². The highest BCUT2D eigenvalue weighted by atomic mass is 16.5. The largest absolute Gasteiger partial charge is 0.490 e. The zero-order valence-electron chi connectivity index (χ0n) is 17.1. The lowest BCUT2D eigenvalue weighted by molar-refractivity contribution is -0.117. The Balaban J connectivity index is 1.45. The third-order valence-electron chi connectivity index (χ3n) is 5.47. The quantitative estimate of drug-likeness (QED) is 0.762. The molecule has 1 fully saturated rings. The molecule has 2 aromatic rings. The first-order valence-corrected chi connectivity index (χ1v) is 10.3. The van der Waals surface area contributed by atoms with E-state index >= 15 is 0 Å². The van der Waals surface area contributed by atoms with E-state index in [1.165, 1.54) is 7.11 Å². The summed E-state index contributed by atoms with van der Waals surface area (Å²) < 4.78 is 16.3. The molecule has 2 aliphatic heterocycles. The summed E-state index contributed by atoms with van der Waals surface area (Å²) in [6.45, 7) is 2.39. The molecule has 1 saturated heterocycles. The van der Waals surface area contributed by atoms with Crippen molar-refractivity contribution >= 4 is 17.6 Å². The molecule has 158 valence electrons. The molecule has 0 saturated carbocycles. The van der Waals surface area contributed by atoms with Crippen LogP contribution in [0.25, 0.3) is 0 Å². The van der Waals surface area contributed by atoms with E-state index in [1.807, 2.05) is 12.1 Å². The topological polar surface area (TPSA) is 77.1 Å². The van der Waals surface area contributed by atoms with Crippen LogP contribution in [0.15, 0.2) is 42.5 Å². The fourth-order valence-corrected chi connectivity index (χ4v) is 4.03. The molecule has 0 unspecified atom stereocenters. The highest BCUT2D eigenvalue weighted by Crippen LogP contribution is 2.37. The molecular weight excluding hydrogens is 384 g/mol. The van der Waals surface area contributed by atoms with Crippen LogP contribution in [-0.2, 0) is 9.53 Å². The van der Waals surface area contributed by atoms with Gasteiger partial charge in [0.1, 0.15) is 0 Å². The first-order chi connectivity index (χ1) is 14.7. The summed E-state index contributed by atoms with van der Waals surface area (Å²) in [5.74, 6) is 0.913. The van der Waals surface area contributed by atoms with Gasteiger partial charge in [-0.15, -0.1) is 0 Å². The lowest BCUT2D eigenvalue weighted by Gasteiger charge is -2.25. The van der Waals surface area contributed by atoms with Gasteiger partial charge in [-0.3, -0.25) is 9.69 Å². The van der Waals surface area contributed by atoms with Crippen molar-refractivity contribution in [1.29, 1.82) is 0 Å². The lowest BCUT2D eigenvalue weighted by atomic mass is 10.0. The van der Waals surface area contributed by atoms with Gasteiger partial charge in [0, 0.05) is 12.5 Å². The van der Waals surface area contributed by atoms with Gasteiger partial charge in [-0.05, 0) is 49.2 Å². The van der Waals surface area contributed by atoms with E-state index in [4.69, 9.17) is 14.2 Å². The number of carbonyl (C=O) groups is 2. The summed E-state index contributed by atoms with van der Waals surface area (Å²) in [4.78, 5) is 26.8. The maximum atomic E-state index is 12.7. The van der Waals surface area contributed by atoms with Gasteiger partial charge in [0.25, 0.3) is 0 Å².